The summed E-state index contributed by atoms with van der Waals surface area (Å²) in [5.41, 5.74) is 22.6. The molecule has 0 amide bonds. The Kier molecular flexibility index (Phi) is 8.83. The normalized spacial score (nSPS) is 15.7. The van der Waals surface area contributed by atoms with Gasteiger partial charge in [-0.25, -0.2) is 0 Å². The van der Waals surface area contributed by atoms with E-state index in [2.05, 4.69) is 247 Å². The summed E-state index contributed by atoms with van der Waals surface area (Å²) >= 11 is 0. The molecule has 0 saturated carbocycles. The molecule has 0 N–H and O–H groups in total. The van der Waals surface area contributed by atoms with Crippen molar-refractivity contribution in [3.63, 3.8) is 0 Å². The molecular weight excluding hydrogens is 759 g/mol. The van der Waals surface area contributed by atoms with Gasteiger partial charge in [0, 0.05) is 22.5 Å². The molecule has 1 atom stereocenters. The van der Waals surface area contributed by atoms with Crippen LogP contribution in [0.5, 0.6) is 0 Å². The first kappa shape index (κ1) is 38.9. The summed E-state index contributed by atoms with van der Waals surface area (Å²) in [6.45, 7) is 16.4. The maximum absolute atomic E-state index is 2.48. The van der Waals surface area contributed by atoms with Crippen molar-refractivity contribution in [2.45, 2.75) is 64.7 Å². The van der Waals surface area contributed by atoms with E-state index in [1.165, 1.54) is 94.2 Å². The second-order valence-corrected chi connectivity index (χ2v) is 19.5. The van der Waals surface area contributed by atoms with Gasteiger partial charge in [-0.1, -0.05) is 198 Å². The van der Waals surface area contributed by atoms with Gasteiger partial charge < -0.3 is 4.90 Å². The number of rotatable bonds is 6. The van der Waals surface area contributed by atoms with Crippen LogP contribution in [0.1, 0.15) is 84.7 Å². The lowest BCUT2D eigenvalue weighted by Gasteiger charge is -2.38. The minimum Gasteiger partial charge on any atom is -0.311 e. The molecule has 2 aliphatic carbocycles. The molecule has 63 heavy (non-hydrogen) atoms. The van der Waals surface area contributed by atoms with Crippen LogP contribution in [0.2, 0.25) is 0 Å². The summed E-state index contributed by atoms with van der Waals surface area (Å²) in [5, 5.41) is 2.68. The molecule has 9 aromatic rings. The lowest BCUT2D eigenvalue weighted by Crippen LogP contribution is -2.32. The van der Waals surface area contributed by atoms with E-state index in [9.17, 15) is 0 Å². The largest absolute Gasteiger partial charge is 0.311 e. The number of anilines is 3. The van der Waals surface area contributed by atoms with Crippen molar-refractivity contribution >= 4 is 27.8 Å². The van der Waals surface area contributed by atoms with Gasteiger partial charge in [-0.3, -0.25) is 0 Å². The van der Waals surface area contributed by atoms with Crippen LogP contribution in [0, 0.1) is 13.8 Å². The van der Waals surface area contributed by atoms with Crippen molar-refractivity contribution in [2.24, 2.45) is 0 Å². The molecule has 9 aromatic carbocycles. The van der Waals surface area contributed by atoms with Crippen LogP contribution in [0.3, 0.4) is 0 Å². The highest BCUT2D eigenvalue weighted by Gasteiger charge is 2.52. The Morgan fingerprint density at radius 1 is 0.429 bits per heavy atom. The first-order chi connectivity index (χ1) is 30.5. The lowest BCUT2D eigenvalue weighted by atomic mass is 9.63. The van der Waals surface area contributed by atoms with E-state index >= 15 is 0 Å². The summed E-state index contributed by atoms with van der Waals surface area (Å²) < 4.78 is 0. The molecule has 1 heteroatoms. The molecule has 11 rings (SSSR count). The van der Waals surface area contributed by atoms with E-state index in [4.69, 9.17) is 0 Å². The van der Waals surface area contributed by atoms with Gasteiger partial charge in [-0.2, -0.15) is 0 Å². The topological polar surface area (TPSA) is 3.24 Å². The second kappa shape index (κ2) is 14.3. The molecule has 0 fully saturated rings. The number of fused-ring (bicyclic) bond motifs is 9. The van der Waals surface area contributed by atoms with Gasteiger partial charge in [0.05, 0.1) is 5.41 Å². The summed E-state index contributed by atoms with van der Waals surface area (Å²) in [5.74, 6) is 0. The van der Waals surface area contributed by atoms with Gasteiger partial charge in [0.25, 0.3) is 0 Å². The Morgan fingerprint density at radius 3 is 1.54 bits per heavy atom. The van der Waals surface area contributed by atoms with E-state index in [-0.39, 0.29) is 10.8 Å². The monoisotopic (exact) mass is 811 g/mol. The van der Waals surface area contributed by atoms with Gasteiger partial charge in [-0.15, -0.1) is 0 Å². The quantitative estimate of drug-likeness (QED) is 0.162. The molecule has 1 nitrogen and oxygen atoms in total. The fourth-order valence-electron chi connectivity index (χ4n) is 11.2. The Hall–Kier alpha value is -6.96. The molecule has 0 aromatic heterocycles. The van der Waals surface area contributed by atoms with Crippen molar-refractivity contribution in [3.05, 3.63) is 244 Å². The van der Waals surface area contributed by atoms with Gasteiger partial charge in [-0.05, 0) is 144 Å². The fourth-order valence-corrected chi connectivity index (χ4v) is 11.2. The molecule has 0 saturated heterocycles. The minimum atomic E-state index is -0.559. The molecule has 0 heterocycles. The zero-order valence-corrected chi connectivity index (χ0v) is 37.4. The maximum Gasteiger partial charge on any atom is 0.0716 e. The molecule has 0 bridgehead atoms. The van der Waals surface area contributed by atoms with E-state index in [1.807, 2.05) is 0 Å². The summed E-state index contributed by atoms with van der Waals surface area (Å²) in [7, 11) is 0. The number of hydrogen-bond donors (Lipinski definition) is 0. The Bertz CT molecular complexity index is 3160. The summed E-state index contributed by atoms with van der Waals surface area (Å²) in [6.07, 6.45) is 0. The Balaban J connectivity index is 1.12. The highest BCUT2D eigenvalue weighted by atomic mass is 15.1. The summed E-state index contributed by atoms with van der Waals surface area (Å²) in [4.78, 5) is 2.32. The van der Waals surface area contributed by atoms with Crippen molar-refractivity contribution in [3.8, 4) is 33.4 Å². The van der Waals surface area contributed by atoms with Crippen molar-refractivity contribution in [2.75, 3.05) is 4.90 Å². The average molecular weight is 812 g/mol. The fraction of sp³-hybridized carbons (Fsp3) is 0.161. The van der Waals surface area contributed by atoms with Crippen LogP contribution in [-0.2, 0) is 16.2 Å². The van der Waals surface area contributed by atoms with Crippen molar-refractivity contribution in [1.82, 2.24) is 0 Å². The molecule has 0 radical (unpaired) electrons. The number of hydrogen-bond acceptors (Lipinski definition) is 1. The summed E-state index contributed by atoms with van der Waals surface area (Å²) in [6, 6.07) is 73.0. The number of nitrogens with zero attached hydrogens (tertiary/aromatic N) is 1. The van der Waals surface area contributed by atoms with E-state index in [0.717, 1.165) is 17.1 Å². The average Bonchev–Trinajstić information content (AvgIpc) is 3.72. The smallest absolute Gasteiger partial charge is 0.0716 e. The predicted molar refractivity (Wildman–Crippen MR) is 267 cm³/mol. The third-order valence-corrected chi connectivity index (χ3v) is 14.3. The Morgan fingerprint density at radius 2 is 0.937 bits per heavy atom. The van der Waals surface area contributed by atoms with Crippen LogP contribution in [0.4, 0.5) is 17.1 Å². The number of para-hydroxylation sites is 2. The highest BCUT2D eigenvalue weighted by Crippen LogP contribution is 2.64. The van der Waals surface area contributed by atoms with E-state index < -0.39 is 5.41 Å². The highest BCUT2D eigenvalue weighted by molar-refractivity contribution is 6.06. The predicted octanol–water partition coefficient (Wildman–Crippen LogP) is 16.6. The van der Waals surface area contributed by atoms with Crippen molar-refractivity contribution < 1.29 is 0 Å². The molecule has 0 aliphatic heterocycles. The first-order valence-electron chi connectivity index (χ1n) is 22.5. The van der Waals surface area contributed by atoms with Crippen LogP contribution < -0.4 is 4.90 Å². The third-order valence-electron chi connectivity index (χ3n) is 14.3. The van der Waals surface area contributed by atoms with Gasteiger partial charge in [0.2, 0.25) is 0 Å². The second-order valence-electron chi connectivity index (χ2n) is 19.5. The zero-order chi connectivity index (χ0) is 43.3. The zero-order valence-electron chi connectivity index (χ0n) is 37.4. The standard InChI is InChI=1S/C62H53N/c1-40-22-35-51-53-36-37-54-57-52-21-15-14-20-50(52)41(2)39-56(57)61(6,7)58(54)59(53)62(55(51)38-40,46-31-29-44(30-32-46)60(3,4)5)45-27-23-42(24-28-45)43-25-33-49(34-26-43)63(47-16-10-8-11-17-47)48-18-12-9-13-19-48/h8-39H,1-7H3. The van der Waals surface area contributed by atoms with Crippen LogP contribution >= 0.6 is 0 Å². The SMILES string of the molecule is Cc1ccc2c(c1)C(c1ccc(-c3ccc(N(c4ccccc4)c4ccccc4)cc3)cc1)(c1ccc(C(C)(C)C)cc1)c1c-2ccc2c1C(C)(C)c1cc(C)c3ccccc3c1-2. The van der Waals surface area contributed by atoms with E-state index in [0.29, 0.717) is 0 Å². The van der Waals surface area contributed by atoms with Gasteiger partial charge in [0.15, 0.2) is 0 Å². The third kappa shape index (κ3) is 5.90. The van der Waals surface area contributed by atoms with Crippen LogP contribution in [0.15, 0.2) is 194 Å². The Labute approximate surface area is 373 Å². The number of benzene rings is 9. The lowest BCUT2D eigenvalue weighted by molar-refractivity contribution is 0.589. The molecule has 1 unspecified atom stereocenters. The van der Waals surface area contributed by atoms with Crippen LogP contribution in [0.25, 0.3) is 44.2 Å². The van der Waals surface area contributed by atoms with Gasteiger partial charge >= 0.3 is 0 Å². The molecule has 2 aliphatic rings. The first-order valence-corrected chi connectivity index (χ1v) is 22.5. The number of aryl methyl sites for hydroxylation is 2. The molecule has 306 valence electrons. The van der Waals surface area contributed by atoms with Gasteiger partial charge in [0.1, 0.15) is 0 Å². The minimum absolute atomic E-state index is 0.0357. The molecular formula is C62H53N. The van der Waals surface area contributed by atoms with E-state index in [1.54, 1.807) is 0 Å². The van der Waals surface area contributed by atoms with Crippen molar-refractivity contribution in [1.29, 1.82) is 0 Å². The molecule has 0 spiro atoms. The van der Waals surface area contributed by atoms with Crippen LogP contribution in [-0.4, -0.2) is 0 Å². The maximum atomic E-state index is 2.48.